The molecule has 0 radical (unpaired) electrons. The summed E-state index contributed by atoms with van der Waals surface area (Å²) >= 11 is 5.32. The lowest BCUT2D eigenvalue weighted by atomic mass is 9.89. The molecule has 3 amide bonds. The topological polar surface area (TPSA) is 421 Å². The van der Waals surface area contributed by atoms with Gasteiger partial charge in [-0.05, 0) is 78.2 Å². The molecule has 0 bridgehead atoms. The third-order valence-electron chi connectivity index (χ3n) is 11.1. The minimum Gasteiger partial charge on any atom is -0.478 e. The van der Waals surface area contributed by atoms with Gasteiger partial charge < -0.3 is 70.7 Å². The monoisotopic (exact) mass is 1230 g/mol. The Bertz CT molecular complexity index is 3360. The van der Waals surface area contributed by atoms with Crippen molar-refractivity contribution in [2.24, 2.45) is 0 Å². The summed E-state index contributed by atoms with van der Waals surface area (Å²) in [7, 11) is -14.5. The zero-order valence-corrected chi connectivity index (χ0v) is 47.7. The fourth-order valence-corrected chi connectivity index (χ4v) is 12.8. The molecule has 3 heterocycles. The van der Waals surface area contributed by atoms with E-state index >= 15 is 0 Å². The van der Waals surface area contributed by atoms with Crippen molar-refractivity contribution >= 4 is 106 Å². The maximum Gasteiger partial charge on any atom is 0.490 e. The van der Waals surface area contributed by atoms with Crippen LogP contribution in [-0.2, 0) is 61.7 Å². The van der Waals surface area contributed by atoms with Crippen molar-refractivity contribution in [3.05, 3.63) is 93.3 Å². The molecule has 1 aliphatic carbocycles. The lowest BCUT2D eigenvalue weighted by Crippen LogP contribution is -2.44. The second kappa shape index (κ2) is 29.1. The molecule has 428 valence electrons. The van der Waals surface area contributed by atoms with E-state index in [9.17, 15) is 47.8 Å². The molecule has 3 unspecified atom stereocenters. The highest BCUT2D eigenvalue weighted by Gasteiger charge is 2.44. The number of fused-ring (bicyclic) bond motifs is 2. The van der Waals surface area contributed by atoms with Gasteiger partial charge in [-0.25, -0.2) is 28.1 Å². The van der Waals surface area contributed by atoms with E-state index in [0.29, 0.717) is 88.0 Å². The number of unbranched alkanes of at least 4 members (excludes halogenated alkanes) is 2. The lowest BCUT2D eigenvalue weighted by molar-refractivity contribution is -0.172. The summed E-state index contributed by atoms with van der Waals surface area (Å²) in [6.45, 7) is 2.10. The Labute approximate surface area is 465 Å². The number of carbonyl (C=O) groups excluding carboxylic acids is 2. The number of carbonyl (C=O) groups is 3. The van der Waals surface area contributed by atoms with Crippen LogP contribution in [0.15, 0.2) is 70.0 Å². The molecular weight excluding hydrogens is 1180 g/mol. The number of aromatic nitrogens is 2. The third-order valence-corrected chi connectivity index (χ3v) is 19.0. The second-order valence-electron chi connectivity index (χ2n) is 16.8. The maximum absolute atomic E-state index is 13.3. The highest BCUT2D eigenvalue weighted by Crippen LogP contribution is 2.66. The molecule has 34 heteroatoms. The Kier molecular flexibility index (Phi) is 23.2. The van der Waals surface area contributed by atoms with Gasteiger partial charge >= 0.3 is 41.2 Å². The van der Waals surface area contributed by atoms with Gasteiger partial charge in [0.25, 0.3) is 5.91 Å². The number of hydrogen-bond acceptors (Lipinski definition) is 20. The zero-order chi connectivity index (χ0) is 57.5. The number of phosphoric acid groups is 3. The number of rotatable bonds is 28. The van der Waals surface area contributed by atoms with Gasteiger partial charge in [0.05, 0.1) is 42.4 Å². The fraction of sp³-hybridized carbons (Fsp3) is 0.378. The van der Waals surface area contributed by atoms with Gasteiger partial charge in [0.15, 0.2) is 5.36 Å². The van der Waals surface area contributed by atoms with Crippen LogP contribution in [0.25, 0.3) is 33.4 Å². The number of benzene rings is 3. The van der Waals surface area contributed by atoms with Crippen LogP contribution in [-0.4, -0.2) is 121 Å². The van der Waals surface area contributed by atoms with Crippen molar-refractivity contribution in [1.29, 1.82) is 0 Å². The van der Waals surface area contributed by atoms with E-state index in [1.807, 2.05) is 6.92 Å². The summed E-state index contributed by atoms with van der Waals surface area (Å²) < 4.78 is 72.0. The highest BCUT2D eigenvalue weighted by atomic mass is 33.1. The van der Waals surface area contributed by atoms with E-state index in [0.717, 1.165) is 17.4 Å². The van der Waals surface area contributed by atoms with Gasteiger partial charge in [-0.15, -0.1) is 0 Å². The summed E-state index contributed by atoms with van der Waals surface area (Å²) in [5, 5.41) is 25.5. The zero-order valence-electron chi connectivity index (χ0n) is 41.8. The van der Waals surface area contributed by atoms with Crippen LogP contribution in [0.5, 0.6) is 0 Å². The van der Waals surface area contributed by atoms with Gasteiger partial charge in [0, 0.05) is 78.0 Å². The first kappa shape index (κ1) is 63.1. The van der Waals surface area contributed by atoms with E-state index in [-0.39, 0.29) is 47.3 Å². The van der Waals surface area contributed by atoms with Crippen LogP contribution >= 0.6 is 45.1 Å². The number of carboxylic acids is 1. The first-order valence-electron chi connectivity index (χ1n) is 23.5. The maximum atomic E-state index is 13.3. The van der Waals surface area contributed by atoms with Crippen molar-refractivity contribution in [1.82, 2.24) is 25.5 Å². The Balaban J connectivity index is 0.870. The lowest BCUT2D eigenvalue weighted by Gasteiger charge is -2.21. The van der Waals surface area contributed by atoms with E-state index in [1.54, 1.807) is 42.5 Å². The van der Waals surface area contributed by atoms with Crippen LogP contribution < -0.4 is 43.9 Å². The molecule has 1 fully saturated rings. The Hall–Kier alpha value is -5.06. The van der Waals surface area contributed by atoms with E-state index < -0.39 is 75.7 Å². The van der Waals surface area contributed by atoms with Crippen molar-refractivity contribution in [2.45, 2.75) is 51.0 Å². The molecule has 0 saturated carbocycles. The molecule has 27 nitrogen and oxygen atoms in total. The second-order valence-corrected chi connectivity index (χ2v) is 26.8. The minimum atomic E-state index is -5.79. The number of phosphoric ester groups is 1. The highest BCUT2D eigenvalue weighted by molar-refractivity contribution is 8.76. The fourth-order valence-electron chi connectivity index (χ4n) is 7.52. The molecule has 6 atom stereocenters. The van der Waals surface area contributed by atoms with Crippen LogP contribution in [0, 0.1) is 11.8 Å². The van der Waals surface area contributed by atoms with Crippen LogP contribution in [0.3, 0.4) is 0 Å². The first-order chi connectivity index (χ1) is 37.4. The molecule has 0 spiro atoms. The number of amides is 3. The standard InChI is InChI=1S/C45H55N8O19P3S4/c1-2-79(76)26-67-37-22-39(70-38(37)24-68-74(62,63)72-75(64,65)71-73(59,60)61)53-23-28(41(48)52-45(53)58)7-6-15-51-44(57)50-14-4-3-5-17-66-25-78-77-18-16-49-42(54)27-8-11-31(43(55)56)34(19-27)40-32-12-9-29(46)20-35(32)69-36-21-30(47)10-13-33(36)40/h8-13,19-21,23,37-39,46H,2-5,14-18,22,24-26,47H2,1H3,(H,49,54)(H,55,56)(H,62,63)(H,64,65)(H2,48,52,58)(H2,50,51,57)(H2,59,60,61)/p+1/t37-,38-,39-,79?/m1/s1. The Morgan fingerprint density at radius 2 is 1.75 bits per heavy atom. The van der Waals surface area contributed by atoms with Crippen LogP contribution in [0.4, 0.5) is 16.3 Å². The third kappa shape index (κ3) is 19.3. The number of hydrogen-bond donors (Lipinski definition) is 11. The number of ether oxygens (including phenoxy) is 3. The SMILES string of the molecule is CCS(=S)CO[C@@H]1C[C@H](n2cc(C#CCNC(=O)NCCCCCOCSSCCNC(=O)c3ccc(C(=O)O)c(-c4c5ccc(=[NH2+])cc-5oc5cc(N)ccc45)c3)c(N)nc2=O)O[C@@H]1COP(=O)(O)OP(=O)(O)OP(=O)(O)O. The van der Waals surface area contributed by atoms with E-state index in [4.69, 9.17) is 61.0 Å². The van der Waals surface area contributed by atoms with Crippen LogP contribution in [0.1, 0.15) is 65.1 Å². The number of nitrogens with zero attached hydrogens (tertiary/aromatic N) is 2. The summed E-state index contributed by atoms with van der Waals surface area (Å²) in [5.41, 5.74) is 13.9. The van der Waals surface area contributed by atoms with Crippen molar-refractivity contribution in [2.75, 3.05) is 67.7 Å². The van der Waals surface area contributed by atoms with Gasteiger partial charge in [0.2, 0.25) is 0 Å². The van der Waals surface area contributed by atoms with Crippen molar-refractivity contribution in [3.63, 3.8) is 0 Å². The molecule has 1 saturated heterocycles. The summed E-state index contributed by atoms with van der Waals surface area (Å²) in [5.74, 6) is 5.75. The smallest absolute Gasteiger partial charge is 0.478 e. The largest absolute Gasteiger partial charge is 0.490 e. The van der Waals surface area contributed by atoms with Crippen molar-refractivity contribution < 1.29 is 89.9 Å². The predicted molar refractivity (Wildman–Crippen MR) is 296 cm³/mol. The first-order valence-corrected chi connectivity index (χ1v) is 33.0. The van der Waals surface area contributed by atoms with Gasteiger partial charge in [-0.3, -0.25) is 19.3 Å². The van der Waals surface area contributed by atoms with Gasteiger partial charge in [-0.2, -0.15) is 13.6 Å². The number of aromatic carboxylic acids is 1. The van der Waals surface area contributed by atoms with E-state index in [2.05, 4.69) is 41.4 Å². The molecule has 1 aromatic heterocycles. The van der Waals surface area contributed by atoms with E-state index in [1.165, 1.54) is 39.9 Å². The predicted octanol–water partition coefficient (Wildman–Crippen LogP) is 2.96. The average Bonchev–Trinajstić information content (AvgIpc) is 3.89. The molecule has 2 aromatic carbocycles. The molecule has 3 aliphatic rings. The van der Waals surface area contributed by atoms with Gasteiger partial charge in [-0.1, -0.05) is 49.8 Å². The normalized spacial score (nSPS) is 17.3. The number of nitrogens with two attached hydrogens (primary N) is 3. The number of nitrogen functional groups attached to an aromatic ring is 2. The minimum absolute atomic E-state index is 0.00299. The molecule has 6 rings (SSSR count). The number of carboxylic acid groups (broad SMARTS) is 1. The quantitative estimate of drug-likeness (QED) is 0.00652. The molecular formula is C45H56N8O19P3S4+. The van der Waals surface area contributed by atoms with Gasteiger partial charge in [0.1, 0.15) is 35.4 Å². The number of urea groups is 1. The van der Waals surface area contributed by atoms with Crippen molar-refractivity contribution in [3.8, 4) is 34.3 Å². The number of nitrogens with one attached hydrogen (secondary N) is 3. The summed E-state index contributed by atoms with van der Waals surface area (Å²) in [4.78, 5) is 91.9. The Morgan fingerprint density at radius 3 is 2.49 bits per heavy atom. The summed E-state index contributed by atoms with van der Waals surface area (Å²) in [6.07, 6.45) is 0.102. The average molecular weight is 1230 g/mol. The Morgan fingerprint density at radius 1 is 0.962 bits per heavy atom. The number of anilines is 2. The summed E-state index contributed by atoms with van der Waals surface area (Å²) in [6, 6.07) is 14.1. The molecule has 3 aromatic rings. The molecule has 79 heavy (non-hydrogen) atoms. The molecule has 14 N–H and O–H groups in total. The van der Waals surface area contributed by atoms with Crippen LogP contribution in [0.2, 0.25) is 0 Å². The molecule has 2 aliphatic heterocycles.